The zero-order valence-corrected chi connectivity index (χ0v) is 16.5. The molecule has 0 aliphatic carbocycles. The van der Waals surface area contributed by atoms with E-state index in [1.165, 1.54) is 0 Å². The van der Waals surface area contributed by atoms with Crippen LogP contribution in [-0.2, 0) is 17.1 Å². The van der Waals surface area contributed by atoms with Crippen LogP contribution in [0.3, 0.4) is 0 Å². The van der Waals surface area contributed by atoms with E-state index in [2.05, 4.69) is 29.2 Å². The molecule has 1 saturated heterocycles. The normalized spacial score (nSPS) is 19.2. The van der Waals surface area contributed by atoms with Crippen molar-refractivity contribution in [1.29, 1.82) is 0 Å². The number of sulfonamides is 1. The number of hydrogen-bond acceptors (Lipinski definition) is 5. The highest BCUT2D eigenvalue weighted by molar-refractivity contribution is 7.89. The second-order valence-corrected chi connectivity index (χ2v) is 9.03. The molecule has 1 aliphatic heterocycles. The minimum absolute atomic E-state index is 0.214. The number of aryl methyl sites for hydroxylation is 1. The minimum atomic E-state index is -3.65. The number of rotatable bonds is 4. The molecule has 9 heteroatoms. The molecule has 1 unspecified atom stereocenters. The smallest absolute Gasteiger partial charge is 0.243 e. The summed E-state index contributed by atoms with van der Waals surface area (Å²) in [7, 11) is -1.77. The molecule has 0 bridgehead atoms. The van der Waals surface area contributed by atoms with Crippen LogP contribution in [0.15, 0.2) is 41.7 Å². The summed E-state index contributed by atoms with van der Waals surface area (Å²) in [6, 6.07) is 5.11. The van der Waals surface area contributed by atoms with Gasteiger partial charge in [0.15, 0.2) is 0 Å². The Morgan fingerprint density at radius 3 is 2.81 bits per heavy atom. The van der Waals surface area contributed by atoms with E-state index in [0.717, 1.165) is 16.7 Å². The first-order valence-electron chi connectivity index (χ1n) is 9.06. The van der Waals surface area contributed by atoms with Crippen LogP contribution in [0.25, 0.3) is 10.9 Å². The molecule has 4 rings (SSSR count). The Labute approximate surface area is 158 Å². The van der Waals surface area contributed by atoms with Crippen LogP contribution in [0.1, 0.15) is 31.8 Å². The second kappa shape index (κ2) is 6.74. The van der Waals surface area contributed by atoms with Gasteiger partial charge < -0.3 is 9.88 Å². The molecular formula is C18H24N6O2S. The van der Waals surface area contributed by atoms with Crippen molar-refractivity contribution in [2.75, 3.05) is 19.6 Å². The number of imidazole rings is 1. The summed E-state index contributed by atoms with van der Waals surface area (Å²) in [4.78, 5) is 4.66. The van der Waals surface area contributed by atoms with Gasteiger partial charge in [0.2, 0.25) is 10.0 Å². The maximum Gasteiger partial charge on any atom is 0.243 e. The Hall–Kier alpha value is -2.23. The van der Waals surface area contributed by atoms with Crippen molar-refractivity contribution < 1.29 is 8.42 Å². The summed E-state index contributed by atoms with van der Waals surface area (Å²) in [5.74, 6) is 0.736. The predicted octanol–water partition coefficient (Wildman–Crippen LogP) is 1.69. The molecule has 0 radical (unpaired) electrons. The number of piperazine rings is 1. The Bertz CT molecular complexity index is 1070. The van der Waals surface area contributed by atoms with Gasteiger partial charge in [-0.05, 0) is 32.0 Å². The highest BCUT2D eigenvalue weighted by Crippen LogP contribution is 2.30. The first-order chi connectivity index (χ1) is 12.9. The molecule has 27 heavy (non-hydrogen) atoms. The van der Waals surface area contributed by atoms with Gasteiger partial charge in [-0.1, -0.05) is 0 Å². The average Bonchev–Trinajstić information content (AvgIpc) is 3.27. The molecule has 0 spiro atoms. The number of hydrogen-bond donors (Lipinski definition) is 1. The molecule has 3 heterocycles. The van der Waals surface area contributed by atoms with Gasteiger partial charge in [-0.25, -0.2) is 13.4 Å². The fraction of sp³-hybridized carbons (Fsp3) is 0.444. The summed E-state index contributed by atoms with van der Waals surface area (Å²) in [6.45, 7) is 5.67. The lowest BCUT2D eigenvalue weighted by Gasteiger charge is -2.34. The van der Waals surface area contributed by atoms with Crippen molar-refractivity contribution in [3.8, 4) is 0 Å². The van der Waals surface area contributed by atoms with Crippen molar-refractivity contribution in [1.82, 2.24) is 29.0 Å². The molecule has 1 fully saturated rings. The molecule has 0 saturated carbocycles. The average molecular weight is 388 g/mol. The van der Waals surface area contributed by atoms with Gasteiger partial charge in [0.05, 0.1) is 22.7 Å². The molecule has 0 amide bonds. The highest BCUT2D eigenvalue weighted by atomic mass is 32.2. The van der Waals surface area contributed by atoms with Crippen LogP contribution in [0.2, 0.25) is 0 Å². The molecule has 2 aromatic heterocycles. The second-order valence-electron chi connectivity index (χ2n) is 7.14. The van der Waals surface area contributed by atoms with Gasteiger partial charge in [-0.2, -0.15) is 9.40 Å². The summed E-state index contributed by atoms with van der Waals surface area (Å²) >= 11 is 0. The number of benzene rings is 1. The third-order valence-electron chi connectivity index (χ3n) is 5.01. The molecule has 1 N–H and O–H groups in total. The predicted molar refractivity (Wildman–Crippen MR) is 103 cm³/mol. The summed E-state index contributed by atoms with van der Waals surface area (Å²) in [5.41, 5.74) is 0.935. The van der Waals surface area contributed by atoms with Crippen LogP contribution in [-0.4, -0.2) is 51.7 Å². The maximum absolute atomic E-state index is 13.4. The zero-order chi connectivity index (χ0) is 19.2. The van der Waals surface area contributed by atoms with Crippen molar-refractivity contribution in [2.45, 2.75) is 30.8 Å². The van der Waals surface area contributed by atoms with E-state index in [-0.39, 0.29) is 12.1 Å². The van der Waals surface area contributed by atoms with Crippen molar-refractivity contribution in [3.05, 3.63) is 42.6 Å². The van der Waals surface area contributed by atoms with Crippen LogP contribution >= 0.6 is 0 Å². The lowest BCUT2D eigenvalue weighted by Crippen LogP contribution is -2.49. The summed E-state index contributed by atoms with van der Waals surface area (Å²) in [6.07, 6.45) is 5.25. The first kappa shape index (κ1) is 18.1. The van der Waals surface area contributed by atoms with Crippen molar-refractivity contribution >= 4 is 20.9 Å². The molecule has 3 aromatic rings. The van der Waals surface area contributed by atoms with Gasteiger partial charge in [-0.15, -0.1) is 0 Å². The Morgan fingerprint density at radius 1 is 1.30 bits per heavy atom. The third kappa shape index (κ3) is 3.05. The fourth-order valence-electron chi connectivity index (χ4n) is 3.63. The van der Waals surface area contributed by atoms with E-state index >= 15 is 0 Å². The van der Waals surface area contributed by atoms with Crippen LogP contribution in [0.4, 0.5) is 0 Å². The Balaban J connectivity index is 1.75. The lowest BCUT2D eigenvalue weighted by atomic mass is 10.2. The van der Waals surface area contributed by atoms with E-state index in [1.54, 1.807) is 28.8 Å². The van der Waals surface area contributed by atoms with Crippen molar-refractivity contribution in [3.63, 3.8) is 0 Å². The third-order valence-corrected chi connectivity index (χ3v) is 6.92. The van der Waals surface area contributed by atoms with Gasteiger partial charge in [-0.3, -0.25) is 4.68 Å². The van der Waals surface area contributed by atoms with Gasteiger partial charge in [0.25, 0.3) is 0 Å². The van der Waals surface area contributed by atoms with Crippen LogP contribution in [0.5, 0.6) is 0 Å². The van der Waals surface area contributed by atoms with E-state index < -0.39 is 10.0 Å². The number of fused-ring (bicyclic) bond motifs is 1. The van der Waals surface area contributed by atoms with E-state index in [9.17, 15) is 8.42 Å². The number of aromatic nitrogens is 4. The lowest BCUT2D eigenvalue weighted by molar-refractivity contribution is 0.258. The monoisotopic (exact) mass is 388 g/mol. The quantitative estimate of drug-likeness (QED) is 0.735. The maximum atomic E-state index is 13.4. The highest BCUT2D eigenvalue weighted by Gasteiger charge is 2.36. The van der Waals surface area contributed by atoms with E-state index in [0.29, 0.717) is 24.5 Å². The number of nitrogens with zero attached hydrogens (tertiary/aromatic N) is 5. The molecule has 1 atom stereocenters. The van der Waals surface area contributed by atoms with E-state index in [1.807, 2.05) is 28.6 Å². The molecule has 144 valence electrons. The van der Waals surface area contributed by atoms with Gasteiger partial charge in [0, 0.05) is 50.5 Å². The van der Waals surface area contributed by atoms with E-state index in [4.69, 9.17) is 0 Å². The zero-order valence-electron chi connectivity index (χ0n) is 15.7. The molecular weight excluding hydrogens is 364 g/mol. The largest absolute Gasteiger partial charge is 0.337 e. The Morgan fingerprint density at radius 2 is 2.11 bits per heavy atom. The SMILES string of the molecule is CC(C)n1ncc2cc(S(=O)(=O)N3CCNCC3c3nccn3C)ccc21. The summed E-state index contributed by atoms with van der Waals surface area (Å²) in [5, 5.41) is 8.49. The number of nitrogens with one attached hydrogen (secondary N) is 1. The topological polar surface area (TPSA) is 85.1 Å². The first-order valence-corrected chi connectivity index (χ1v) is 10.5. The molecule has 1 aliphatic rings. The van der Waals surface area contributed by atoms with Gasteiger partial charge >= 0.3 is 0 Å². The fourth-order valence-corrected chi connectivity index (χ4v) is 5.25. The summed E-state index contributed by atoms with van der Waals surface area (Å²) < 4.78 is 32.2. The molecule has 8 nitrogen and oxygen atoms in total. The van der Waals surface area contributed by atoms with Crippen molar-refractivity contribution in [2.24, 2.45) is 7.05 Å². The minimum Gasteiger partial charge on any atom is -0.337 e. The van der Waals surface area contributed by atoms with Crippen LogP contribution < -0.4 is 5.32 Å². The van der Waals surface area contributed by atoms with Crippen LogP contribution in [0, 0.1) is 0 Å². The molecule has 1 aromatic carbocycles. The standard InChI is InChI=1S/C18H24N6O2S/c1-13(2)24-16-5-4-15(10-14(16)11-21-24)27(25,26)23-9-6-19-12-17(23)18-20-7-8-22(18)3/h4-5,7-8,10-11,13,17,19H,6,9,12H2,1-3H3. The Kier molecular flexibility index (Phi) is 4.53. The van der Waals surface area contributed by atoms with Gasteiger partial charge in [0.1, 0.15) is 5.82 Å².